The molecule has 0 saturated carbocycles. The highest BCUT2D eigenvalue weighted by Gasteiger charge is 2.28. The monoisotopic (exact) mass is 411 g/mol. The molecule has 0 radical (unpaired) electrons. The van der Waals surface area contributed by atoms with Gasteiger partial charge in [-0.15, -0.1) is 11.8 Å². The van der Waals surface area contributed by atoms with Gasteiger partial charge in [-0.05, 0) is 30.7 Å². The minimum atomic E-state index is 0.229. The van der Waals surface area contributed by atoms with E-state index in [1.807, 2.05) is 28.8 Å². The van der Waals surface area contributed by atoms with Gasteiger partial charge in [-0.3, -0.25) is 4.79 Å². The predicted molar refractivity (Wildman–Crippen MR) is 120 cm³/mol. The number of thioether (sulfide) groups is 1. The summed E-state index contributed by atoms with van der Waals surface area (Å²) in [5.74, 6) is 1.10. The highest BCUT2D eigenvalue weighted by Crippen LogP contribution is 2.39. The number of amides is 1. The van der Waals surface area contributed by atoms with Gasteiger partial charge in [-0.2, -0.15) is 0 Å². The summed E-state index contributed by atoms with van der Waals surface area (Å²) < 4.78 is 5.34. The molecule has 2 aromatic carbocycles. The second-order valence-electron chi connectivity index (χ2n) is 7.57. The van der Waals surface area contributed by atoms with Gasteiger partial charge in [-0.25, -0.2) is 0 Å². The first kappa shape index (κ1) is 20.0. The van der Waals surface area contributed by atoms with Crippen LogP contribution in [-0.4, -0.2) is 62.4 Å². The predicted octanol–water partition coefficient (Wildman–Crippen LogP) is 3.73. The summed E-state index contributed by atoms with van der Waals surface area (Å²) in [5, 5.41) is 0.544. The summed E-state index contributed by atoms with van der Waals surface area (Å²) in [6.45, 7) is 6.85. The molecular formula is C23H29N3O2S. The third kappa shape index (κ3) is 4.47. The number of anilines is 2. The zero-order chi connectivity index (χ0) is 20.2. The lowest BCUT2D eigenvalue weighted by atomic mass is 10.2. The molecule has 1 amide bonds. The van der Waals surface area contributed by atoms with Gasteiger partial charge < -0.3 is 19.4 Å². The molecule has 29 heavy (non-hydrogen) atoms. The normalized spacial score (nSPS) is 19.1. The van der Waals surface area contributed by atoms with E-state index in [4.69, 9.17) is 4.74 Å². The molecule has 0 aromatic heterocycles. The van der Waals surface area contributed by atoms with Crippen molar-refractivity contribution in [1.29, 1.82) is 0 Å². The van der Waals surface area contributed by atoms with Crippen molar-refractivity contribution in [3.05, 3.63) is 48.5 Å². The molecule has 0 spiro atoms. The molecule has 0 N–H and O–H groups in total. The van der Waals surface area contributed by atoms with Gasteiger partial charge >= 0.3 is 0 Å². The van der Waals surface area contributed by atoms with Crippen LogP contribution in [0.4, 0.5) is 11.4 Å². The maximum atomic E-state index is 13.1. The van der Waals surface area contributed by atoms with E-state index in [2.05, 4.69) is 53.1 Å². The summed E-state index contributed by atoms with van der Waals surface area (Å²) in [7, 11) is 1.69. The fraction of sp³-hybridized carbons (Fsp3) is 0.435. The average molecular weight is 412 g/mol. The van der Waals surface area contributed by atoms with Crippen LogP contribution in [0.15, 0.2) is 53.4 Å². The fourth-order valence-electron chi connectivity index (χ4n) is 4.03. The van der Waals surface area contributed by atoms with Crippen LogP contribution < -0.4 is 14.5 Å². The van der Waals surface area contributed by atoms with E-state index in [0.29, 0.717) is 11.8 Å². The zero-order valence-electron chi connectivity index (χ0n) is 17.2. The van der Waals surface area contributed by atoms with Gasteiger partial charge in [0.25, 0.3) is 0 Å². The number of piperazine rings is 1. The second kappa shape index (κ2) is 8.99. The van der Waals surface area contributed by atoms with Crippen LogP contribution in [0.5, 0.6) is 5.75 Å². The Balaban J connectivity index is 1.38. The van der Waals surface area contributed by atoms with Gasteiger partial charge in [0.1, 0.15) is 5.75 Å². The Bertz CT molecular complexity index is 852. The molecule has 4 rings (SSSR count). The Morgan fingerprint density at radius 1 is 1.10 bits per heavy atom. The third-order valence-electron chi connectivity index (χ3n) is 5.76. The summed E-state index contributed by atoms with van der Waals surface area (Å²) in [4.78, 5) is 21.0. The van der Waals surface area contributed by atoms with E-state index in [1.54, 1.807) is 7.11 Å². The Morgan fingerprint density at radius 2 is 1.90 bits per heavy atom. The number of ether oxygens (including phenoxy) is 1. The highest BCUT2D eigenvalue weighted by molar-refractivity contribution is 8.00. The van der Waals surface area contributed by atoms with Crippen molar-refractivity contribution < 1.29 is 9.53 Å². The van der Waals surface area contributed by atoms with Crippen molar-refractivity contribution in [2.24, 2.45) is 0 Å². The minimum absolute atomic E-state index is 0.229. The van der Waals surface area contributed by atoms with Gasteiger partial charge in [0.05, 0.1) is 19.3 Å². The number of methoxy groups -OCH3 is 1. The molecule has 0 aliphatic carbocycles. The standard InChI is InChI=1S/C23H29N3O2S/c1-3-20-16-26(21-9-4-5-10-22(21)29-20)17-23(27)25-13-11-24(12-14-25)18-7-6-8-19(15-18)28-2/h4-10,15,20H,3,11-14,16-17H2,1-2H3/t20-/m0/s1. The molecule has 154 valence electrons. The lowest BCUT2D eigenvalue weighted by Crippen LogP contribution is -2.52. The first-order valence-electron chi connectivity index (χ1n) is 10.4. The van der Waals surface area contributed by atoms with E-state index in [1.165, 1.54) is 10.6 Å². The fourth-order valence-corrected chi connectivity index (χ4v) is 5.28. The summed E-state index contributed by atoms with van der Waals surface area (Å²) in [5.41, 5.74) is 2.36. The maximum absolute atomic E-state index is 13.1. The number of nitrogens with zero attached hydrogens (tertiary/aromatic N) is 3. The van der Waals surface area contributed by atoms with Gasteiger partial charge in [0.15, 0.2) is 0 Å². The van der Waals surface area contributed by atoms with Crippen LogP contribution in [0, 0.1) is 0 Å². The smallest absolute Gasteiger partial charge is 0.242 e. The largest absolute Gasteiger partial charge is 0.497 e. The SMILES string of the molecule is CC[C@H]1CN(CC(=O)N2CCN(c3cccc(OC)c3)CC2)c2ccccc2S1. The number of hydrogen-bond acceptors (Lipinski definition) is 5. The van der Waals surface area contributed by atoms with Crippen LogP contribution in [-0.2, 0) is 4.79 Å². The summed E-state index contributed by atoms with van der Waals surface area (Å²) in [6, 6.07) is 16.6. The molecule has 1 saturated heterocycles. The molecule has 2 aliphatic heterocycles. The molecule has 1 fully saturated rings. The number of benzene rings is 2. The second-order valence-corrected chi connectivity index (χ2v) is 8.91. The van der Waals surface area contributed by atoms with Gasteiger partial charge in [-0.1, -0.05) is 25.1 Å². The minimum Gasteiger partial charge on any atom is -0.497 e. The molecule has 5 nitrogen and oxygen atoms in total. The van der Waals surface area contributed by atoms with Crippen molar-refractivity contribution in [1.82, 2.24) is 4.90 Å². The maximum Gasteiger partial charge on any atom is 0.242 e. The first-order valence-corrected chi connectivity index (χ1v) is 11.2. The number of carbonyl (C=O) groups excluding carboxylic acids is 1. The average Bonchev–Trinajstić information content (AvgIpc) is 2.79. The van der Waals surface area contributed by atoms with E-state index >= 15 is 0 Å². The molecular weight excluding hydrogens is 382 g/mol. The molecule has 0 unspecified atom stereocenters. The van der Waals surface area contributed by atoms with E-state index < -0.39 is 0 Å². The van der Waals surface area contributed by atoms with E-state index in [9.17, 15) is 4.79 Å². The summed E-state index contributed by atoms with van der Waals surface area (Å²) >= 11 is 1.94. The molecule has 2 heterocycles. The Labute approximate surface area is 177 Å². The third-order valence-corrected chi connectivity index (χ3v) is 7.17. The van der Waals surface area contributed by atoms with E-state index in [-0.39, 0.29) is 5.91 Å². The Hall–Kier alpha value is -2.34. The van der Waals surface area contributed by atoms with Crippen LogP contribution in [0.25, 0.3) is 0 Å². The number of para-hydroxylation sites is 1. The topological polar surface area (TPSA) is 36.0 Å². The number of rotatable bonds is 5. The van der Waals surface area contributed by atoms with Crippen molar-refractivity contribution in [3.8, 4) is 5.75 Å². The summed E-state index contributed by atoms with van der Waals surface area (Å²) in [6.07, 6.45) is 1.11. The Kier molecular flexibility index (Phi) is 6.19. The molecule has 0 bridgehead atoms. The van der Waals surface area contributed by atoms with Crippen molar-refractivity contribution in [3.63, 3.8) is 0 Å². The van der Waals surface area contributed by atoms with E-state index in [0.717, 1.165) is 50.6 Å². The van der Waals surface area contributed by atoms with Gasteiger partial charge in [0.2, 0.25) is 5.91 Å². The van der Waals surface area contributed by atoms with Crippen LogP contribution in [0.3, 0.4) is 0 Å². The molecule has 6 heteroatoms. The lowest BCUT2D eigenvalue weighted by molar-refractivity contribution is -0.130. The highest BCUT2D eigenvalue weighted by atomic mass is 32.2. The van der Waals surface area contributed by atoms with Gasteiger partial charge in [0, 0.05) is 54.6 Å². The zero-order valence-corrected chi connectivity index (χ0v) is 18.0. The molecule has 2 aromatic rings. The number of fused-ring (bicyclic) bond motifs is 1. The van der Waals surface area contributed by atoms with Crippen molar-refractivity contribution in [2.45, 2.75) is 23.5 Å². The molecule has 2 aliphatic rings. The molecule has 1 atom stereocenters. The van der Waals surface area contributed by atoms with Crippen molar-refractivity contribution in [2.75, 3.05) is 56.2 Å². The number of hydrogen-bond donors (Lipinski definition) is 0. The Morgan fingerprint density at radius 3 is 2.66 bits per heavy atom. The lowest BCUT2D eigenvalue weighted by Gasteiger charge is -2.39. The number of carbonyl (C=O) groups is 1. The van der Waals surface area contributed by atoms with Crippen LogP contribution in [0.2, 0.25) is 0 Å². The van der Waals surface area contributed by atoms with Crippen LogP contribution >= 0.6 is 11.8 Å². The van der Waals surface area contributed by atoms with Crippen LogP contribution in [0.1, 0.15) is 13.3 Å². The van der Waals surface area contributed by atoms with Crippen molar-refractivity contribution >= 4 is 29.0 Å². The first-order chi connectivity index (χ1) is 14.2. The quantitative estimate of drug-likeness (QED) is 0.749.